The molecule has 0 bridgehead atoms. The van der Waals surface area contributed by atoms with Gasteiger partial charge in [0.05, 0.1) is 11.1 Å². The van der Waals surface area contributed by atoms with E-state index in [-0.39, 0.29) is 11.9 Å². The number of aromatic nitrogens is 2. The molecule has 0 radical (unpaired) electrons. The summed E-state index contributed by atoms with van der Waals surface area (Å²) in [7, 11) is 0. The van der Waals surface area contributed by atoms with Gasteiger partial charge in [0.1, 0.15) is 29.8 Å². The Kier molecular flexibility index (Phi) is 6.15. The molecule has 1 saturated heterocycles. The zero-order chi connectivity index (χ0) is 24.4. The molecule has 0 unspecified atom stereocenters. The summed E-state index contributed by atoms with van der Waals surface area (Å²) in [6.07, 6.45) is -1.37. The first-order chi connectivity index (χ1) is 16.8. The molecule has 0 saturated carbocycles. The monoisotopic (exact) mass is 482 g/mol. The van der Waals surface area contributed by atoms with Gasteiger partial charge in [-0.3, -0.25) is 0 Å². The molecule has 0 amide bonds. The van der Waals surface area contributed by atoms with Crippen LogP contribution < -0.4 is 15.0 Å². The summed E-state index contributed by atoms with van der Waals surface area (Å²) in [5.74, 6) is 0.964. The molecule has 180 valence electrons. The maximum atomic E-state index is 13.5. The molecule has 3 aromatic carbocycles. The van der Waals surface area contributed by atoms with E-state index in [9.17, 15) is 17.6 Å². The maximum absolute atomic E-state index is 13.5. The Morgan fingerprint density at radius 2 is 1.60 bits per heavy atom. The van der Waals surface area contributed by atoms with Crippen LogP contribution in [0, 0.1) is 5.82 Å². The maximum Gasteiger partial charge on any atom is 0.416 e. The number of fused-ring (bicyclic) bond motifs is 1. The SMILES string of the molecule is Fc1ccc2c(Nc3ccc(OC4CCN(c5ccc(C(F)(F)F)cc5)CC4)cc3)ncnc2c1. The van der Waals surface area contributed by atoms with Crippen LogP contribution in [0.1, 0.15) is 18.4 Å². The Balaban J connectivity index is 1.17. The fraction of sp³-hybridized carbons (Fsp3) is 0.231. The lowest BCUT2D eigenvalue weighted by Crippen LogP contribution is -2.38. The third-order valence-corrected chi connectivity index (χ3v) is 6.02. The summed E-state index contributed by atoms with van der Waals surface area (Å²) in [5.41, 5.74) is 1.47. The van der Waals surface area contributed by atoms with Crippen LogP contribution in [0.15, 0.2) is 73.1 Å². The number of benzene rings is 3. The van der Waals surface area contributed by atoms with Crippen molar-refractivity contribution in [3.63, 3.8) is 0 Å². The van der Waals surface area contributed by atoms with Crippen LogP contribution in [-0.2, 0) is 6.18 Å². The fourth-order valence-corrected chi connectivity index (χ4v) is 4.17. The number of halogens is 4. The lowest BCUT2D eigenvalue weighted by atomic mass is 10.1. The molecule has 4 aromatic rings. The predicted octanol–water partition coefficient (Wildman–Crippen LogP) is 6.58. The number of piperidine rings is 1. The van der Waals surface area contributed by atoms with Gasteiger partial charge in [0, 0.05) is 48.8 Å². The highest BCUT2D eigenvalue weighted by Crippen LogP contribution is 2.32. The molecule has 1 aliphatic rings. The standard InChI is InChI=1S/C26H22F4N4O/c27-18-3-10-23-24(15-18)31-16-32-25(23)33-19-4-8-21(9-5-19)35-22-11-13-34(14-12-22)20-6-1-17(2-7-20)26(28,29)30/h1-10,15-16,22H,11-14H2,(H,31,32,33). The average molecular weight is 482 g/mol. The van der Waals surface area contributed by atoms with Gasteiger partial charge in [-0.15, -0.1) is 0 Å². The van der Waals surface area contributed by atoms with Gasteiger partial charge in [-0.2, -0.15) is 13.2 Å². The summed E-state index contributed by atoms with van der Waals surface area (Å²) in [6, 6.07) is 17.2. The quantitative estimate of drug-likeness (QED) is 0.326. The number of nitrogens with one attached hydrogen (secondary N) is 1. The van der Waals surface area contributed by atoms with Crippen molar-refractivity contribution in [1.29, 1.82) is 0 Å². The molecule has 1 N–H and O–H groups in total. The first-order valence-corrected chi connectivity index (χ1v) is 11.2. The van der Waals surface area contributed by atoms with E-state index in [2.05, 4.69) is 20.2 Å². The molecule has 35 heavy (non-hydrogen) atoms. The van der Waals surface area contributed by atoms with E-state index in [1.807, 2.05) is 24.3 Å². The van der Waals surface area contributed by atoms with Gasteiger partial charge < -0.3 is 15.0 Å². The Morgan fingerprint density at radius 1 is 0.886 bits per heavy atom. The Labute approximate surface area is 199 Å². The number of anilines is 3. The molecular weight excluding hydrogens is 460 g/mol. The van der Waals surface area contributed by atoms with Crippen molar-refractivity contribution in [1.82, 2.24) is 9.97 Å². The van der Waals surface area contributed by atoms with Crippen LogP contribution in [0.2, 0.25) is 0 Å². The summed E-state index contributed by atoms with van der Waals surface area (Å²) in [5, 5.41) is 3.94. The van der Waals surface area contributed by atoms with Gasteiger partial charge in [-0.25, -0.2) is 14.4 Å². The molecule has 1 aromatic heterocycles. The molecule has 5 rings (SSSR count). The van der Waals surface area contributed by atoms with E-state index in [1.165, 1.54) is 30.6 Å². The molecule has 0 aliphatic carbocycles. The average Bonchev–Trinajstić information content (AvgIpc) is 2.85. The number of hydrogen-bond donors (Lipinski definition) is 1. The third-order valence-electron chi connectivity index (χ3n) is 6.02. The van der Waals surface area contributed by atoms with E-state index in [4.69, 9.17) is 4.74 Å². The van der Waals surface area contributed by atoms with Gasteiger partial charge in [0.15, 0.2) is 0 Å². The Hall–Kier alpha value is -3.88. The topological polar surface area (TPSA) is 50.3 Å². The van der Waals surface area contributed by atoms with Crippen molar-refractivity contribution in [3.8, 4) is 5.75 Å². The molecule has 1 fully saturated rings. The zero-order valence-corrected chi connectivity index (χ0v) is 18.6. The van der Waals surface area contributed by atoms with Crippen LogP contribution >= 0.6 is 0 Å². The minimum absolute atomic E-state index is 0.0280. The van der Waals surface area contributed by atoms with Gasteiger partial charge in [0.2, 0.25) is 0 Å². The van der Waals surface area contributed by atoms with Crippen LogP contribution in [-0.4, -0.2) is 29.2 Å². The van der Waals surface area contributed by atoms with Crippen LogP contribution in [0.4, 0.5) is 34.8 Å². The molecule has 2 heterocycles. The predicted molar refractivity (Wildman–Crippen MR) is 127 cm³/mol. The van der Waals surface area contributed by atoms with Crippen molar-refractivity contribution < 1.29 is 22.3 Å². The highest BCUT2D eigenvalue weighted by molar-refractivity contribution is 5.90. The highest BCUT2D eigenvalue weighted by atomic mass is 19.4. The summed E-state index contributed by atoms with van der Waals surface area (Å²) in [6.45, 7) is 1.41. The fourth-order valence-electron chi connectivity index (χ4n) is 4.17. The van der Waals surface area contributed by atoms with E-state index in [0.29, 0.717) is 29.8 Å². The highest BCUT2D eigenvalue weighted by Gasteiger charge is 2.30. The number of nitrogens with zero attached hydrogens (tertiary/aromatic N) is 3. The van der Waals surface area contributed by atoms with Crippen LogP contribution in [0.25, 0.3) is 10.9 Å². The number of ether oxygens (including phenoxy) is 1. The molecular formula is C26H22F4N4O. The van der Waals surface area contributed by atoms with E-state index >= 15 is 0 Å². The number of alkyl halides is 3. The second-order valence-corrected chi connectivity index (χ2v) is 8.38. The minimum atomic E-state index is -4.33. The molecule has 1 aliphatic heterocycles. The Morgan fingerprint density at radius 3 is 2.29 bits per heavy atom. The van der Waals surface area contributed by atoms with E-state index in [0.717, 1.165) is 42.1 Å². The van der Waals surface area contributed by atoms with Gasteiger partial charge >= 0.3 is 6.18 Å². The second-order valence-electron chi connectivity index (χ2n) is 8.38. The summed E-state index contributed by atoms with van der Waals surface area (Å²) in [4.78, 5) is 10.4. The molecule has 0 atom stereocenters. The zero-order valence-electron chi connectivity index (χ0n) is 18.6. The number of rotatable bonds is 5. The van der Waals surface area contributed by atoms with Crippen molar-refractivity contribution in [2.24, 2.45) is 0 Å². The van der Waals surface area contributed by atoms with Gasteiger partial charge in [-0.05, 0) is 60.7 Å². The largest absolute Gasteiger partial charge is 0.490 e. The lowest BCUT2D eigenvalue weighted by molar-refractivity contribution is -0.137. The minimum Gasteiger partial charge on any atom is -0.490 e. The summed E-state index contributed by atoms with van der Waals surface area (Å²) >= 11 is 0. The van der Waals surface area contributed by atoms with E-state index < -0.39 is 11.7 Å². The second kappa shape index (κ2) is 9.40. The van der Waals surface area contributed by atoms with Crippen molar-refractivity contribution in [2.75, 3.05) is 23.3 Å². The van der Waals surface area contributed by atoms with Gasteiger partial charge in [0.25, 0.3) is 0 Å². The molecule has 0 spiro atoms. The normalized spacial score (nSPS) is 14.8. The van der Waals surface area contributed by atoms with Crippen molar-refractivity contribution in [3.05, 3.63) is 84.4 Å². The first kappa shape index (κ1) is 22.9. The van der Waals surface area contributed by atoms with E-state index in [1.54, 1.807) is 6.07 Å². The van der Waals surface area contributed by atoms with Crippen molar-refractivity contribution in [2.45, 2.75) is 25.1 Å². The molecule has 9 heteroatoms. The van der Waals surface area contributed by atoms with Crippen molar-refractivity contribution >= 4 is 28.1 Å². The summed E-state index contributed by atoms with van der Waals surface area (Å²) < 4.78 is 57.9. The molecule has 5 nitrogen and oxygen atoms in total. The van der Waals surface area contributed by atoms with Crippen LogP contribution in [0.3, 0.4) is 0 Å². The smallest absolute Gasteiger partial charge is 0.416 e. The Bertz CT molecular complexity index is 1300. The lowest BCUT2D eigenvalue weighted by Gasteiger charge is -2.33. The van der Waals surface area contributed by atoms with Gasteiger partial charge in [-0.1, -0.05) is 0 Å². The number of hydrogen-bond acceptors (Lipinski definition) is 5. The van der Waals surface area contributed by atoms with Crippen LogP contribution in [0.5, 0.6) is 5.75 Å². The first-order valence-electron chi connectivity index (χ1n) is 11.2. The third kappa shape index (κ3) is 5.29.